The van der Waals surface area contributed by atoms with Gasteiger partial charge >= 0.3 is 0 Å². The van der Waals surface area contributed by atoms with E-state index in [9.17, 15) is 0 Å². The molecule has 1 aliphatic heterocycles. The minimum atomic E-state index is 0.330. The van der Waals surface area contributed by atoms with E-state index < -0.39 is 0 Å². The zero-order chi connectivity index (χ0) is 13.4. The Balaban J connectivity index is 1.71. The summed E-state index contributed by atoms with van der Waals surface area (Å²) in [6.07, 6.45) is 4.41. The fourth-order valence-corrected chi connectivity index (χ4v) is 2.49. The topological polar surface area (TPSA) is 76.7 Å². The maximum absolute atomic E-state index is 5.38. The lowest BCUT2D eigenvalue weighted by atomic mass is 10.1. The molecule has 6 nitrogen and oxygen atoms in total. The Labute approximate surface area is 115 Å². The van der Waals surface area contributed by atoms with E-state index in [-0.39, 0.29) is 0 Å². The predicted octanol–water partition coefficient (Wildman–Crippen LogP) is 1.76. The Kier molecular flexibility index (Phi) is 2.67. The highest BCUT2D eigenvalue weighted by atomic mass is 16.5. The van der Waals surface area contributed by atoms with Crippen molar-refractivity contribution in [3.8, 4) is 11.4 Å². The second-order valence-electron chi connectivity index (χ2n) is 4.91. The van der Waals surface area contributed by atoms with Crippen molar-refractivity contribution in [1.82, 2.24) is 25.4 Å². The molecule has 1 aliphatic rings. The van der Waals surface area contributed by atoms with Crippen molar-refractivity contribution in [2.75, 3.05) is 13.1 Å². The summed E-state index contributed by atoms with van der Waals surface area (Å²) in [6, 6.07) is 5.80. The molecule has 100 valence electrons. The van der Waals surface area contributed by atoms with Gasteiger partial charge in [0.1, 0.15) is 0 Å². The van der Waals surface area contributed by atoms with Gasteiger partial charge in [-0.3, -0.25) is 9.97 Å². The van der Waals surface area contributed by atoms with Gasteiger partial charge in [0, 0.05) is 24.5 Å². The molecule has 3 heterocycles. The van der Waals surface area contributed by atoms with Crippen molar-refractivity contribution >= 4 is 11.0 Å². The van der Waals surface area contributed by atoms with Crippen LogP contribution in [0.3, 0.4) is 0 Å². The summed E-state index contributed by atoms with van der Waals surface area (Å²) in [4.78, 5) is 13.0. The van der Waals surface area contributed by atoms with Gasteiger partial charge in [-0.2, -0.15) is 4.98 Å². The molecule has 1 atom stereocenters. The number of benzene rings is 1. The van der Waals surface area contributed by atoms with Crippen molar-refractivity contribution in [1.29, 1.82) is 0 Å². The van der Waals surface area contributed by atoms with Gasteiger partial charge in [0.25, 0.3) is 0 Å². The van der Waals surface area contributed by atoms with Crippen LogP contribution in [0.4, 0.5) is 0 Å². The zero-order valence-corrected chi connectivity index (χ0v) is 10.8. The van der Waals surface area contributed by atoms with E-state index in [2.05, 4.69) is 25.4 Å². The molecule has 1 N–H and O–H groups in total. The minimum Gasteiger partial charge on any atom is -0.339 e. The van der Waals surface area contributed by atoms with Crippen LogP contribution >= 0.6 is 0 Å². The molecule has 6 heteroatoms. The number of nitrogens with zero attached hydrogens (tertiary/aromatic N) is 4. The standard InChI is InChI=1S/C14H13N5O/c1-2-11-12(17-6-5-16-11)7-9(1)13-18-14(20-19-13)10-3-4-15-8-10/h1-2,5-7,10,15H,3-4,8H2. The second-order valence-corrected chi connectivity index (χ2v) is 4.91. The van der Waals surface area contributed by atoms with Gasteiger partial charge in [-0.05, 0) is 31.2 Å². The predicted molar refractivity (Wildman–Crippen MR) is 73.1 cm³/mol. The molecule has 0 amide bonds. The molecule has 20 heavy (non-hydrogen) atoms. The molecule has 0 radical (unpaired) electrons. The van der Waals surface area contributed by atoms with Gasteiger partial charge < -0.3 is 9.84 Å². The lowest BCUT2D eigenvalue weighted by Gasteiger charge is -1.99. The van der Waals surface area contributed by atoms with Crippen molar-refractivity contribution in [3.63, 3.8) is 0 Å². The highest BCUT2D eigenvalue weighted by Gasteiger charge is 2.23. The first kappa shape index (κ1) is 11.5. The van der Waals surface area contributed by atoms with Crippen molar-refractivity contribution < 1.29 is 4.52 Å². The maximum atomic E-state index is 5.38. The Bertz CT molecular complexity index is 748. The third-order valence-corrected chi connectivity index (χ3v) is 3.58. The minimum absolute atomic E-state index is 0.330. The van der Waals surface area contributed by atoms with Crippen LogP contribution in [0.1, 0.15) is 18.2 Å². The quantitative estimate of drug-likeness (QED) is 0.762. The number of fused-ring (bicyclic) bond motifs is 1. The van der Waals surface area contributed by atoms with E-state index in [1.54, 1.807) is 12.4 Å². The van der Waals surface area contributed by atoms with E-state index in [0.29, 0.717) is 17.6 Å². The fraction of sp³-hybridized carbons (Fsp3) is 0.286. The van der Waals surface area contributed by atoms with Crippen LogP contribution in [0.2, 0.25) is 0 Å². The van der Waals surface area contributed by atoms with E-state index in [1.807, 2.05) is 18.2 Å². The first-order valence-electron chi connectivity index (χ1n) is 6.65. The van der Waals surface area contributed by atoms with Crippen molar-refractivity contribution in [3.05, 3.63) is 36.5 Å². The largest absolute Gasteiger partial charge is 0.339 e. The molecule has 0 saturated carbocycles. The molecule has 4 rings (SSSR count). The van der Waals surface area contributed by atoms with Gasteiger partial charge in [0.05, 0.1) is 17.0 Å². The second kappa shape index (κ2) is 4.64. The van der Waals surface area contributed by atoms with Crippen LogP contribution in [-0.4, -0.2) is 33.2 Å². The normalized spacial score (nSPS) is 18.7. The van der Waals surface area contributed by atoms with Crippen LogP contribution in [0.25, 0.3) is 22.4 Å². The summed E-state index contributed by atoms with van der Waals surface area (Å²) < 4.78 is 5.38. The van der Waals surface area contributed by atoms with Gasteiger partial charge in [-0.1, -0.05) is 5.16 Å². The monoisotopic (exact) mass is 267 g/mol. The van der Waals surface area contributed by atoms with Crippen LogP contribution < -0.4 is 5.32 Å². The van der Waals surface area contributed by atoms with Crippen LogP contribution in [0.5, 0.6) is 0 Å². The van der Waals surface area contributed by atoms with Gasteiger partial charge in [-0.25, -0.2) is 0 Å². The van der Waals surface area contributed by atoms with Crippen molar-refractivity contribution in [2.45, 2.75) is 12.3 Å². The number of hydrogen-bond acceptors (Lipinski definition) is 6. The molecule has 1 aromatic carbocycles. The molecule has 3 aromatic rings. The summed E-state index contributed by atoms with van der Waals surface area (Å²) in [5, 5.41) is 7.37. The lowest BCUT2D eigenvalue weighted by Crippen LogP contribution is -2.08. The highest BCUT2D eigenvalue weighted by Crippen LogP contribution is 2.25. The third kappa shape index (κ3) is 1.94. The SMILES string of the molecule is c1cnc2cc(-c3noc(C4CCNC4)n3)ccc2n1. The van der Waals surface area contributed by atoms with Crippen LogP contribution in [-0.2, 0) is 0 Å². The Morgan fingerprint density at radius 1 is 1.15 bits per heavy atom. The number of rotatable bonds is 2. The molecular weight excluding hydrogens is 254 g/mol. The molecular formula is C14H13N5O. The van der Waals surface area contributed by atoms with Gasteiger partial charge in [0.15, 0.2) is 0 Å². The Morgan fingerprint density at radius 2 is 2.05 bits per heavy atom. The van der Waals surface area contributed by atoms with Crippen molar-refractivity contribution in [2.24, 2.45) is 0 Å². The summed E-state index contributed by atoms with van der Waals surface area (Å²) in [5.41, 5.74) is 2.60. The first-order valence-corrected chi connectivity index (χ1v) is 6.65. The lowest BCUT2D eigenvalue weighted by molar-refractivity contribution is 0.359. The molecule has 1 fully saturated rings. The van der Waals surface area contributed by atoms with E-state index in [4.69, 9.17) is 4.52 Å². The molecule has 1 saturated heterocycles. The molecule has 0 bridgehead atoms. The Hall–Kier alpha value is -2.34. The van der Waals surface area contributed by atoms with Crippen LogP contribution in [0.15, 0.2) is 35.1 Å². The number of nitrogens with one attached hydrogen (secondary N) is 1. The number of hydrogen-bond donors (Lipinski definition) is 1. The highest BCUT2D eigenvalue weighted by molar-refractivity contribution is 5.79. The third-order valence-electron chi connectivity index (χ3n) is 3.58. The smallest absolute Gasteiger partial charge is 0.231 e. The first-order chi connectivity index (χ1) is 9.90. The summed E-state index contributed by atoms with van der Waals surface area (Å²) in [6.45, 7) is 1.92. The van der Waals surface area contributed by atoms with Gasteiger partial charge in [-0.15, -0.1) is 0 Å². The molecule has 0 spiro atoms. The summed E-state index contributed by atoms with van der Waals surface area (Å²) in [7, 11) is 0. The average Bonchev–Trinajstić information content (AvgIpc) is 3.17. The number of aromatic nitrogens is 4. The summed E-state index contributed by atoms with van der Waals surface area (Å²) >= 11 is 0. The fourth-order valence-electron chi connectivity index (χ4n) is 2.49. The zero-order valence-electron chi connectivity index (χ0n) is 10.8. The molecule has 0 aliphatic carbocycles. The maximum Gasteiger partial charge on any atom is 0.231 e. The average molecular weight is 267 g/mol. The van der Waals surface area contributed by atoms with Crippen LogP contribution in [0, 0.1) is 0 Å². The Morgan fingerprint density at radius 3 is 2.90 bits per heavy atom. The molecule has 1 unspecified atom stereocenters. The van der Waals surface area contributed by atoms with Gasteiger partial charge in [0.2, 0.25) is 11.7 Å². The summed E-state index contributed by atoms with van der Waals surface area (Å²) in [5.74, 6) is 1.65. The van der Waals surface area contributed by atoms with E-state index in [1.165, 1.54) is 0 Å². The van der Waals surface area contributed by atoms with E-state index in [0.717, 1.165) is 36.1 Å². The molecule has 2 aromatic heterocycles. The van der Waals surface area contributed by atoms with E-state index >= 15 is 0 Å².